The summed E-state index contributed by atoms with van der Waals surface area (Å²) in [5.74, 6) is 0.263. The molecule has 0 saturated heterocycles. The summed E-state index contributed by atoms with van der Waals surface area (Å²) in [4.78, 5) is 12.7. The van der Waals surface area contributed by atoms with Gasteiger partial charge in [0.05, 0.1) is 21.2 Å². The van der Waals surface area contributed by atoms with Gasteiger partial charge in [-0.05, 0) is 13.0 Å². The molecule has 3 aromatic heterocycles. The molecule has 112 valence electrons. The van der Waals surface area contributed by atoms with Gasteiger partial charge in [0.15, 0.2) is 5.16 Å². The maximum absolute atomic E-state index is 9.14. The Morgan fingerprint density at radius 1 is 1.26 bits per heavy atom. The van der Waals surface area contributed by atoms with Crippen molar-refractivity contribution in [3.05, 3.63) is 40.7 Å². The van der Waals surface area contributed by atoms with E-state index in [1.54, 1.807) is 6.20 Å². The average molecular weight is 338 g/mol. The van der Waals surface area contributed by atoms with E-state index >= 15 is 0 Å². The molecule has 0 saturated carbocycles. The van der Waals surface area contributed by atoms with Gasteiger partial charge in [-0.3, -0.25) is 4.98 Å². The summed E-state index contributed by atoms with van der Waals surface area (Å²) in [5.41, 5.74) is 7.39. The highest BCUT2D eigenvalue weighted by Gasteiger charge is 2.14. The van der Waals surface area contributed by atoms with E-state index in [0.29, 0.717) is 10.7 Å². The van der Waals surface area contributed by atoms with Crippen LogP contribution in [0.5, 0.6) is 0 Å². The number of nitrogens with zero attached hydrogens (tertiary/aromatic N) is 5. The van der Waals surface area contributed by atoms with Gasteiger partial charge in [-0.15, -0.1) is 11.3 Å². The molecule has 0 bridgehead atoms. The molecule has 3 aromatic rings. The van der Waals surface area contributed by atoms with E-state index in [9.17, 15) is 0 Å². The van der Waals surface area contributed by atoms with Crippen LogP contribution in [0, 0.1) is 22.7 Å². The maximum atomic E-state index is 9.14. The van der Waals surface area contributed by atoms with Crippen molar-refractivity contribution in [1.82, 2.24) is 15.0 Å². The molecule has 3 heterocycles. The summed E-state index contributed by atoms with van der Waals surface area (Å²) in [6, 6.07) is 7.50. The molecule has 0 spiro atoms. The van der Waals surface area contributed by atoms with E-state index in [2.05, 4.69) is 21.0 Å². The lowest BCUT2D eigenvalue weighted by Gasteiger charge is -2.10. The van der Waals surface area contributed by atoms with Crippen LogP contribution in [0.2, 0.25) is 0 Å². The molecule has 0 fully saturated rings. The number of thioether (sulfide) groups is 1. The first kappa shape index (κ1) is 15.2. The van der Waals surface area contributed by atoms with Gasteiger partial charge in [0.1, 0.15) is 23.7 Å². The van der Waals surface area contributed by atoms with Gasteiger partial charge in [-0.25, -0.2) is 9.97 Å². The molecule has 1 unspecified atom stereocenters. The third kappa shape index (κ3) is 3.09. The Balaban J connectivity index is 1.92. The van der Waals surface area contributed by atoms with Crippen LogP contribution in [-0.2, 0) is 0 Å². The van der Waals surface area contributed by atoms with Crippen LogP contribution >= 0.6 is 23.1 Å². The molecule has 8 heteroatoms. The standard InChI is InChI=1S/C15H10N6S2/c1-8(23-15-20-10(5-17)2-14(18)21-15)12-3-11-9(4-16)7-22-13(11)6-19-12/h2-3,6-8H,1H3,(H2,18,20,21). The zero-order valence-electron chi connectivity index (χ0n) is 12.0. The molecule has 0 aliphatic carbocycles. The van der Waals surface area contributed by atoms with Crippen LogP contribution in [0.4, 0.5) is 5.82 Å². The summed E-state index contributed by atoms with van der Waals surface area (Å²) in [5, 5.41) is 21.2. The minimum atomic E-state index is -0.0424. The lowest BCUT2D eigenvalue weighted by Crippen LogP contribution is -1.99. The Hall–Kier alpha value is -2.68. The summed E-state index contributed by atoms with van der Waals surface area (Å²) >= 11 is 2.87. The van der Waals surface area contributed by atoms with E-state index in [1.165, 1.54) is 29.2 Å². The first-order valence-electron chi connectivity index (χ1n) is 6.59. The largest absolute Gasteiger partial charge is 0.384 e. The average Bonchev–Trinajstić information content (AvgIpc) is 2.96. The third-order valence-electron chi connectivity index (χ3n) is 3.14. The van der Waals surface area contributed by atoms with Crippen LogP contribution in [0.25, 0.3) is 10.1 Å². The van der Waals surface area contributed by atoms with Gasteiger partial charge in [0.2, 0.25) is 0 Å². The van der Waals surface area contributed by atoms with E-state index < -0.39 is 0 Å². The third-order valence-corrected chi connectivity index (χ3v) is 5.06. The lowest BCUT2D eigenvalue weighted by atomic mass is 10.2. The number of hydrogen-bond donors (Lipinski definition) is 1. The molecule has 2 N–H and O–H groups in total. The monoisotopic (exact) mass is 338 g/mol. The highest BCUT2D eigenvalue weighted by Crippen LogP contribution is 2.34. The van der Waals surface area contributed by atoms with Crippen molar-refractivity contribution in [1.29, 1.82) is 10.5 Å². The Labute approximate surface area is 140 Å². The van der Waals surface area contributed by atoms with E-state index in [4.69, 9.17) is 16.3 Å². The quantitative estimate of drug-likeness (QED) is 0.576. The molecule has 0 radical (unpaired) electrons. The lowest BCUT2D eigenvalue weighted by molar-refractivity contribution is 0.937. The number of aromatic nitrogens is 3. The smallest absolute Gasteiger partial charge is 0.191 e. The van der Waals surface area contributed by atoms with Crippen LogP contribution < -0.4 is 5.73 Å². The predicted octanol–water partition coefficient (Wildman–Crippen LogP) is 3.27. The number of anilines is 1. The number of rotatable bonds is 3. The van der Waals surface area contributed by atoms with Crippen LogP contribution in [0.3, 0.4) is 0 Å². The molecule has 1 atom stereocenters. The molecule has 23 heavy (non-hydrogen) atoms. The van der Waals surface area contributed by atoms with E-state index in [1.807, 2.05) is 24.4 Å². The first-order valence-corrected chi connectivity index (χ1v) is 8.35. The van der Waals surface area contributed by atoms with E-state index in [0.717, 1.165) is 15.8 Å². The molecule has 0 amide bonds. The van der Waals surface area contributed by atoms with Gasteiger partial charge in [0, 0.05) is 23.0 Å². The van der Waals surface area contributed by atoms with Crippen molar-refractivity contribution in [2.24, 2.45) is 0 Å². The molecule has 3 rings (SSSR count). The molecular formula is C15H10N6S2. The highest BCUT2D eigenvalue weighted by atomic mass is 32.2. The van der Waals surface area contributed by atoms with Gasteiger partial charge in [-0.1, -0.05) is 11.8 Å². The van der Waals surface area contributed by atoms with Gasteiger partial charge in [0.25, 0.3) is 0 Å². The fourth-order valence-corrected chi connectivity index (χ4v) is 3.74. The van der Waals surface area contributed by atoms with E-state index in [-0.39, 0.29) is 16.8 Å². The van der Waals surface area contributed by atoms with Crippen molar-refractivity contribution in [3.8, 4) is 12.1 Å². The fraction of sp³-hybridized carbons (Fsp3) is 0.133. The number of nitrogens with two attached hydrogens (primary N) is 1. The predicted molar refractivity (Wildman–Crippen MR) is 89.8 cm³/mol. The van der Waals surface area contributed by atoms with Crippen molar-refractivity contribution in [3.63, 3.8) is 0 Å². The zero-order valence-corrected chi connectivity index (χ0v) is 13.6. The Morgan fingerprint density at radius 3 is 2.83 bits per heavy atom. The Kier molecular flexibility index (Phi) is 4.11. The van der Waals surface area contributed by atoms with Gasteiger partial charge in [-0.2, -0.15) is 10.5 Å². The fourth-order valence-electron chi connectivity index (χ4n) is 2.03. The normalized spacial score (nSPS) is 11.8. The Bertz CT molecular complexity index is 966. The first-order chi connectivity index (χ1) is 11.1. The number of fused-ring (bicyclic) bond motifs is 1. The topological polar surface area (TPSA) is 112 Å². The van der Waals surface area contributed by atoms with Crippen LogP contribution in [0.1, 0.15) is 29.1 Å². The SMILES string of the molecule is CC(Sc1nc(N)cc(C#N)n1)c1cc2c(C#N)csc2cn1. The van der Waals surface area contributed by atoms with Crippen molar-refractivity contribution < 1.29 is 0 Å². The number of hydrogen-bond acceptors (Lipinski definition) is 8. The zero-order chi connectivity index (χ0) is 16.4. The minimum absolute atomic E-state index is 0.0424. The second-order valence-electron chi connectivity index (χ2n) is 4.70. The molecular weight excluding hydrogens is 328 g/mol. The number of pyridine rings is 1. The van der Waals surface area contributed by atoms with Crippen LogP contribution in [-0.4, -0.2) is 15.0 Å². The maximum Gasteiger partial charge on any atom is 0.191 e. The van der Waals surface area contributed by atoms with Crippen molar-refractivity contribution in [2.45, 2.75) is 17.3 Å². The van der Waals surface area contributed by atoms with Crippen molar-refractivity contribution in [2.75, 3.05) is 5.73 Å². The summed E-state index contributed by atoms with van der Waals surface area (Å²) < 4.78 is 0.981. The highest BCUT2D eigenvalue weighted by molar-refractivity contribution is 7.99. The minimum Gasteiger partial charge on any atom is -0.384 e. The summed E-state index contributed by atoms with van der Waals surface area (Å²) in [6.07, 6.45) is 1.77. The summed E-state index contributed by atoms with van der Waals surface area (Å²) in [7, 11) is 0. The Morgan fingerprint density at radius 2 is 2.09 bits per heavy atom. The molecule has 0 aliphatic rings. The number of nitriles is 2. The molecule has 0 aromatic carbocycles. The van der Waals surface area contributed by atoms with Gasteiger partial charge >= 0.3 is 0 Å². The van der Waals surface area contributed by atoms with Gasteiger partial charge < -0.3 is 5.73 Å². The second kappa shape index (κ2) is 6.21. The summed E-state index contributed by atoms with van der Waals surface area (Å²) in [6.45, 7) is 1.97. The van der Waals surface area contributed by atoms with Crippen molar-refractivity contribution >= 4 is 39.0 Å². The molecule has 0 aliphatic heterocycles. The number of thiophene rings is 1. The second-order valence-corrected chi connectivity index (χ2v) is 6.92. The molecule has 6 nitrogen and oxygen atoms in total. The number of nitrogen functional groups attached to an aromatic ring is 1. The van der Waals surface area contributed by atoms with Crippen LogP contribution in [0.15, 0.2) is 28.9 Å².